The molecule has 2 aliphatic rings. The molecule has 0 heterocycles. The Balaban J connectivity index is 0.000000196. The molecule has 0 saturated carbocycles. The van der Waals surface area contributed by atoms with Crippen LogP contribution in [0.5, 0.6) is 0 Å². The summed E-state index contributed by atoms with van der Waals surface area (Å²) < 4.78 is 0. The summed E-state index contributed by atoms with van der Waals surface area (Å²) in [7, 11) is 0. The van der Waals surface area contributed by atoms with Crippen LogP contribution in [0.25, 0.3) is 0 Å². The number of nitrogens with one attached hydrogen (secondary N) is 2. The Bertz CT molecular complexity index is 2810. The van der Waals surface area contributed by atoms with Crippen LogP contribution in [0.4, 0.5) is 38.9 Å². The van der Waals surface area contributed by atoms with E-state index >= 15 is 0 Å². The number of nitro benzene ring substituents is 2. The summed E-state index contributed by atoms with van der Waals surface area (Å²) >= 11 is 12.4. The first-order valence-corrected chi connectivity index (χ1v) is 25.2. The van der Waals surface area contributed by atoms with Crippen molar-refractivity contribution < 1.29 is 14.6 Å². The van der Waals surface area contributed by atoms with Gasteiger partial charge >= 0.3 is 6.03 Å². The Morgan fingerprint density at radius 3 is 1.66 bits per heavy atom. The second-order valence-corrected chi connectivity index (χ2v) is 19.2. The van der Waals surface area contributed by atoms with Crippen molar-refractivity contribution in [1.29, 1.82) is 0 Å². The van der Waals surface area contributed by atoms with Crippen LogP contribution in [0, 0.1) is 20.2 Å². The fourth-order valence-corrected chi connectivity index (χ4v) is 10.3. The second kappa shape index (κ2) is 23.9. The van der Waals surface area contributed by atoms with Crippen molar-refractivity contribution >= 4 is 63.4 Å². The summed E-state index contributed by atoms with van der Waals surface area (Å²) in [5, 5.41) is 29.9. The third kappa shape index (κ3) is 11.9. The van der Waals surface area contributed by atoms with E-state index in [9.17, 15) is 25.0 Å². The Morgan fingerprint density at radius 1 is 0.657 bits per heavy atom. The number of nitro groups is 2. The lowest BCUT2D eigenvalue weighted by Gasteiger charge is -2.31. The number of aryl methyl sites for hydroxylation is 2. The number of nitrogens with zero attached hydrogens (tertiary/aromatic N) is 3. The highest BCUT2D eigenvalue weighted by Crippen LogP contribution is 2.42. The summed E-state index contributed by atoms with van der Waals surface area (Å²) in [6.07, 6.45) is 6.22. The minimum atomic E-state index is -0.444. The third-order valence-electron chi connectivity index (χ3n) is 13.5. The van der Waals surface area contributed by atoms with E-state index in [0.717, 1.165) is 29.7 Å². The molecule has 0 fully saturated rings. The van der Waals surface area contributed by atoms with Crippen LogP contribution in [0.2, 0.25) is 10.0 Å². The number of halogens is 2. The number of carbonyl (C=O) groups excluding carboxylic acids is 1. The zero-order chi connectivity index (χ0) is 50.8. The SMILES string of the molecule is CC(C)c1ccc(NC2CCc3ccccc32)cc1.CCc1c(Cl)cc([N+](=O)[O-])c(CC)c1N.CCc1c(Cl)cc([N+](=O)[O-])c(CC)c1NC(=O)N(c1ccc(C(C)C)cc1)C1CCc2ccccc21. The van der Waals surface area contributed by atoms with Crippen LogP contribution >= 0.6 is 23.2 Å². The van der Waals surface area contributed by atoms with Crippen LogP contribution in [0.15, 0.2) is 109 Å². The minimum Gasteiger partial charge on any atom is -0.398 e. The van der Waals surface area contributed by atoms with Crippen molar-refractivity contribution in [2.75, 3.05) is 21.3 Å². The van der Waals surface area contributed by atoms with Crippen LogP contribution in [-0.2, 0) is 38.5 Å². The molecule has 8 rings (SSSR count). The van der Waals surface area contributed by atoms with Gasteiger partial charge in [0, 0.05) is 29.2 Å². The predicted molar refractivity (Wildman–Crippen MR) is 289 cm³/mol. The summed E-state index contributed by atoms with van der Waals surface area (Å²) in [4.78, 5) is 37.5. The second-order valence-electron chi connectivity index (χ2n) is 18.4. The molecule has 0 saturated heterocycles. The molecule has 70 heavy (non-hydrogen) atoms. The number of benzene rings is 6. The molecule has 0 aromatic heterocycles. The van der Waals surface area contributed by atoms with Crippen molar-refractivity contribution in [3.8, 4) is 0 Å². The predicted octanol–water partition coefficient (Wildman–Crippen LogP) is 16.1. The van der Waals surface area contributed by atoms with E-state index in [1.165, 1.54) is 58.5 Å². The maximum Gasteiger partial charge on any atom is 0.326 e. The smallest absolute Gasteiger partial charge is 0.326 e. The van der Waals surface area contributed by atoms with Gasteiger partial charge in [0.1, 0.15) is 0 Å². The summed E-state index contributed by atoms with van der Waals surface area (Å²) in [6.45, 7) is 16.3. The molecule has 2 aliphatic carbocycles. The quantitative estimate of drug-likeness (QED) is 0.0591. The maximum atomic E-state index is 14.1. The minimum absolute atomic E-state index is 0.0113. The molecule has 0 aliphatic heterocycles. The number of urea groups is 1. The van der Waals surface area contributed by atoms with Crippen LogP contribution in [-0.4, -0.2) is 15.9 Å². The topological polar surface area (TPSA) is 157 Å². The molecular formula is C57H66Cl2N6O5. The highest BCUT2D eigenvalue weighted by atomic mass is 35.5. The van der Waals surface area contributed by atoms with Crippen molar-refractivity contribution in [1.82, 2.24) is 0 Å². The molecule has 6 aromatic rings. The molecular weight excluding hydrogens is 920 g/mol. The number of hydrogen-bond donors (Lipinski definition) is 3. The monoisotopic (exact) mass is 984 g/mol. The van der Waals surface area contributed by atoms with Gasteiger partial charge in [0.15, 0.2) is 0 Å². The lowest BCUT2D eigenvalue weighted by atomic mass is 10.0. The average Bonchev–Trinajstić information content (AvgIpc) is 3.96. The largest absolute Gasteiger partial charge is 0.398 e. The zero-order valence-electron chi connectivity index (χ0n) is 41.6. The molecule has 2 amide bonds. The number of fused-ring (bicyclic) bond motifs is 2. The molecule has 13 heteroatoms. The highest BCUT2D eigenvalue weighted by Gasteiger charge is 2.34. The van der Waals surface area contributed by atoms with Gasteiger partial charge in [0.05, 0.1) is 48.8 Å². The van der Waals surface area contributed by atoms with Gasteiger partial charge in [-0.25, -0.2) is 4.79 Å². The number of anilines is 4. The molecule has 11 nitrogen and oxygen atoms in total. The van der Waals surface area contributed by atoms with E-state index in [1.54, 1.807) is 4.90 Å². The lowest BCUT2D eigenvalue weighted by molar-refractivity contribution is -0.385. The molecule has 368 valence electrons. The lowest BCUT2D eigenvalue weighted by Crippen LogP contribution is -2.38. The molecule has 0 spiro atoms. The molecule has 6 aromatic carbocycles. The van der Waals surface area contributed by atoms with E-state index in [0.29, 0.717) is 76.6 Å². The molecule has 0 bridgehead atoms. The average molecular weight is 986 g/mol. The fourth-order valence-electron chi connectivity index (χ4n) is 9.68. The van der Waals surface area contributed by atoms with Crippen molar-refractivity contribution in [3.63, 3.8) is 0 Å². The van der Waals surface area contributed by atoms with Gasteiger partial charge < -0.3 is 16.4 Å². The Hall–Kier alpha value is -6.43. The fraction of sp³-hybridized carbons (Fsp3) is 0.351. The van der Waals surface area contributed by atoms with Gasteiger partial charge in [-0.1, -0.05) is 151 Å². The van der Waals surface area contributed by atoms with Crippen molar-refractivity contribution in [3.05, 3.63) is 195 Å². The van der Waals surface area contributed by atoms with Gasteiger partial charge in [-0.15, -0.1) is 0 Å². The van der Waals surface area contributed by atoms with Gasteiger partial charge in [-0.3, -0.25) is 25.1 Å². The Kier molecular flexibility index (Phi) is 18.1. The van der Waals surface area contributed by atoms with Gasteiger partial charge in [-0.05, 0) is 132 Å². The van der Waals surface area contributed by atoms with Gasteiger partial charge in [-0.2, -0.15) is 0 Å². The van der Waals surface area contributed by atoms with E-state index in [-0.39, 0.29) is 28.5 Å². The molecule has 2 unspecified atom stereocenters. The van der Waals surface area contributed by atoms with E-state index < -0.39 is 9.85 Å². The number of nitrogen functional groups attached to an aromatic ring is 1. The first-order chi connectivity index (χ1) is 33.5. The van der Waals surface area contributed by atoms with E-state index in [1.807, 2.05) is 52.0 Å². The van der Waals surface area contributed by atoms with Gasteiger partial charge in [0.25, 0.3) is 11.4 Å². The Morgan fingerprint density at radius 2 is 1.13 bits per heavy atom. The Labute approximate surface area is 423 Å². The first kappa shape index (κ1) is 52.9. The van der Waals surface area contributed by atoms with Crippen LogP contribution in [0.3, 0.4) is 0 Å². The van der Waals surface area contributed by atoms with Gasteiger partial charge in [0.2, 0.25) is 0 Å². The standard InChI is InChI=1S/C29H32ClN3O3.C18H21N.C10H13ClN2O2/c1-5-22-25(30)17-27(33(35)36)23(6-2)28(22)31-29(34)32(21-14-11-19(12-15-21)18(3)4)26-16-13-20-9-7-8-10-24(20)26;1-13(2)14-7-10-16(11-8-14)19-18-12-9-15-5-3-4-6-17(15)18;1-3-6-8(11)5-9(13(14)15)7(4-2)10(6)12/h7-12,14-15,17-18,26H,5-6,13,16H2,1-4H3,(H,31,34);3-8,10-11,13,18-19H,9,12H2,1-2H3;5H,3-4,12H2,1-2H3. The normalized spacial score (nSPS) is 14.5. The number of carbonyl (C=O) groups is 1. The summed E-state index contributed by atoms with van der Waals surface area (Å²) in [5.41, 5.74) is 19.2. The maximum absolute atomic E-state index is 14.1. The molecule has 4 N–H and O–H groups in total. The molecule has 0 radical (unpaired) electrons. The first-order valence-electron chi connectivity index (χ1n) is 24.5. The number of amides is 2. The molecule has 2 atom stereocenters. The van der Waals surface area contributed by atoms with Crippen molar-refractivity contribution in [2.45, 2.75) is 131 Å². The van der Waals surface area contributed by atoms with Crippen LogP contribution in [0.1, 0.15) is 148 Å². The van der Waals surface area contributed by atoms with Crippen molar-refractivity contribution in [2.24, 2.45) is 0 Å². The third-order valence-corrected chi connectivity index (χ3v) is 14.2. The van der Waals surface area contributed by atoms with E-state index in [4.69, 9.17) is 28.9 Å². The number of nitrogens with two attached hydrogens (primary N) is 1. The zero-order valence-corrected chi connectivity index (χ0v) is 43.1. The summed E-state index contributed by atoms with van der Waals surface area (Å²) in [6, 6.07) is 36.7. The number of hydrogen-bond acceptors (Lipinski definition) is 7. The highest BCUT2D eigenvalue weighted by molar-refractivity contribution is 6.32. The van der Waals surface area contributed by atoms with Crippen LogP contribution < -0.4 is 21.3 Å². The van der Waals surface area contributed by atoms with E-state index in [2.05, 4.69) is 111 Å². The summed E-state index contributed by atoms with van der Waals surface area (Å²) in [5.74, 6) is 0.973. The number of rotatable bonds is 13.